The van der Waals surface area contributed by atoms with Crippen LogP contribution < -0.4 is 5.32 Å². The number of aliphatic imine (C=N–C) groups is 1. The minimum absolute atomic E-state index is 0.0418. The molecule has 0 spiro atoms. The van der Waals surface area contributed by atoms with Gasteiger partial charge < -0.3 is 4.98 Å². The first-order chi connectivity index (χ1) is 17.2. The molecule has 1 fully saturated rings. The van der Waals surface area contributed by atoms with Crippen LogP contribution in [0.2, 0.25) is 0 Å². The molecule has 7 nitrogen and oxygen atoms in total. The van der Waals surface area contributed by atoms with E-state index in [1.807, 2.05) is 42.5 Å². The van der Waals surface area contributed by atoms with Crippen LogP contribution in [0, 0.1) is 0 Å². The molecule has 174 valence electrons. The molecule has 0 atom stereocenters. The number of carbonyl (C=O) groups excluding carboxylic acids is 2. The third kappa shape index (κ3) is 4.14. The molecule has 2 N–H and O–H groups in total. The van der Waals surface area contributed by atoms with E-state index >= 15 is 0 Å². The Balaban J connectivity index is 1.29. The second kappa shape index (κ2) is 8.91. The molecule has 1 aliphatic carbocycles. The number of fused-ring (bicyclic) bond motifs is 2. The summed E-state index contributed by atoms with van der Waals surface area (Å²) in [6.45, 7) is 0. The lowest BCUT2D eigenvalue weighted by atomic mass is 9.97. The lowest BCUT2D eigenvalue weighted by Crippen LogP contribution is -2.16. The molecule has 1 aliphatic heterocycles. The predicted octanol–water partition coefficient (Wildman–Crippen LogP) is 5.95. The Labute approximate surface area is 202 Å². The van der Waals surface area contributed by atoms with Gasteiger partial charge >= 0.3 is 0 Å². The number of rotatable bonds is 6. The lowest BCUT2D eigenvalue weighted by molar-refractivity contribution is 0.0998. The molecule has 0 radical (unpaired) electrons. The zero-order valence-electron chi connectivity index (χ0n) is 19.3. The zero-order valence-corrected chi connectivity index (χ0v) is 19.3. The summed E-state index contributed by atoms with van der Waals surface area (Å²) < 4.78 is 0. The van der Waals surface area contributed by atoms with Gasteiger partial charge in [-0.25, -0.2) is 9.97 Å². The molecule has 1 amide bonds. The highest BCUT2D eigenvalue weighted by atomic mass is 16.2. The zero-order chi connectivity index (χ0) is 23.8. The number of nitrogens with zero attached hydrogens (tertiary/aromatic N) is 3. The van der Waals surface area contributed by atoms with Gasteiger partial charge in [-0.1, -0.05) is 49.2 Å². The molecule has 0 saturated heterocycles. The number of carbonyl (C=O) groups is 2. The Morgan fingerprint density at radius 1 is 1.03 bits per heavy atom. The molecule has 35 heavy (non-hydrogen) atoms. The summed E-state index contributed by atoms with van der Waals surface area (Å²) in [5, 5.41) is 4.98. The van der Waals surface area contributed by atoms with Gasteiger partial charge in [-0.15, -0.1) is 0 Å². The van der Waals surface area contributed by atoms with E-state index in [0.29, 0.717) is 40.6 Å². The highest BCUT2D eigenvalue weighted by Crippen LogP contribution is 2.36. The number of pyridine rings is 1. The summed E-state index contributed by atoms with van der Waals surface area (Å²) >= 11 is 0. The lowest BCUT2D eigenvalue weighted by Gasteiger charge is -2.14. The third-order valence-electron chi connectivity index (χ3n) is 6.87. The van der Waals surface area contributed by atoms with Crippen LogP contribution in [0.5, 0.6) is 0 Å². The number of allylic oxidation sites excluding steroid dienone is 1. The Morgan fingerprint density at radius 2 is 1.89 bits per heavy atom. The highest BCUT2D eigenvalue weighted by molar-refractivity contribution is 6.15. The number of benzene rings is 2. The van der Waals surface area contributed by atoms with Gasteiger partial charge in [0.15, 0.2) is 5.78 Å². The summed E-state index contributed by atoms with van der Waals surface area (Å²) in [6.07, 6.45) is 9.21. The summed E-state index contributed by atoms with van der Waals surface area (Å²) in [4.78, 5) is 42.8. The monoisotopic (exact) mass is 463 g/mol. The molecule has 6 rings (SSSR count). The number of hydrogen-bond donors (Lipinski definition) is 2. The van der Waals surface area contributed by atoms with Crippen LogP contribution in [-0.4, -0.2) is 32.4 Å². The third-order valence-corrected chi connectivity index (χ3v) is 6.87. The SMILES string of the molecule is O=C(Nc1nc2c(C(=O)CC3=NC=CC3)cccc2[nH]1)c1cc2ccccc2c(C2CCCC2)n1. The second-order valence-corrected chi connectivity index (χ2v) is 9.22. The molecule has 2 aromatic carbocycles. The number of ketones is 1. The number of Topliss-reactive ketones (excluding diaryl/α,β-unsaturated/α-hetero) is 1. The number of para-hydroxylation sites is 1. The van der Waals surface area contributed by atoms with Crippen LogP contribution in [0.3, 0.4) is 0 Å². The molecule has 4 aromatic rings. The van der Waals surface area contributed by atoms with Crippen molar-refractivity contribution in [2.75, 3.05) is 5.32 Å². The van der Waals surface area contributed by atoms with E-state index in [1.165, 1.54) is 12.8 Å². The largest absolute Gasteiger partial charge is 0.324 e. The molecule has 7 heteroatoms. The van der Waals surface area contributed by atoms with Crippen LogP contribution in [0.25, 0.3) is 21.8 Å². The topological polar surface area (TPSA) is 100 Å². The molecule has 0 bridgehead atoms. The minimum atomic E-state index is -0.326. The van der Waals surface area contributed by atoms with E-state index in [9.17, 15) is 9.59 Å². The first kappa shape index (κ1) is 21.4. The van der Waals surface area contributed by atoms with Crippen LogP contribution in [0.1, 0.15) is 71.0 Å². The summed E-state index contributed by atoms with van der Waals surface area (Å²) in [7, 11) is 0. The van der Waals surface area contributed by atoms with Crippen molar-refractivity contribution in [1.82, 2.24) is 15.0 Å². The molecular weight excluding hydrogens is 438 g/mol. The van der Waals surface area contributed by atoms with Crippen LogP contribution in [-0.2, 0) is 0 Å². The Hall–Kier alpha value is -4.13. The molecule has 1 saturated carbocycles. The van der Waals surface area contributed by atoms with E-state index in [-0.39, 0.29) is 18.1 Å². The Kier molecular flexibility index (Phi) is 5.45. The number of H-pyrrole nitrogens is 1. The molecule has 2 aromatic heterocycles. The normalized spacial score (nSPS) is 15.7. The second-order valence-electron chi connectivity index (χ2n) is 9.22. The van der Waals surface area contributed by atoms with E-state index in [4.69, 9.17) is 4.98 Å². The van der Waals surface area contributed by atoms with Crippen molar-refractivity contribution in [3.05, 3.63) is 77.8 Å². The van der Waals surface area contributed by atoms with Crippen LogP contribution >= 0.6 is 0 Å². The molecule has 2 aliphatic rings. The van der Waals surface area contributed by atoms with Gasteiger partial charge in [0.25, 0.3) is 5.91 Å². The van der Waals surface area contributed by atoms with Crippen molar-refractivity contribution in [2.45, 2.75) is 44.4 Å². The first-order valence-corrected chi connectivity index (χ1v) is 12.1. The van der Waals surface area contributed by atoms with Crippen molar-refractivity contribution in [3.63, 3.8) is 0 Å². The highest BCUT2D eigenvalue weighted by Gasteiger charge is 2.23. The summed E-state index contributed by atoms with van der Waals surface area (Å²) in [6, 6.07) is 15.4. The van der Waals surface area contributed by atoms with E-state index in [1.54, 1.807) is 12.3 Å². The van der Waals surface area contributed by atoms with E-state index in [2.05, 4.69) is 26.3 Å². The fraction of sp³-hybridized carbons (Fsp3) is 0.250. The quantitative estimate of drug-likeness (QED) is 0.345. The number of hydrogen-bond acceptors (Lipinski definition) is 5. The van der Waals surface area contributed by atoms with Crippen molar-refractivity contribution < 1.29 is 9.59 Å². The van der Waals surface area contributed by atoms with Gasteiger partial charge in [-0.2, -0.15) is 0 Å². The average molecular weight is 464 g/mol. The number of anilines is 1. The molecule has 3 heterocycles. The maximum Gasteiger partial charge on any atom is 0.276 e. The molecular formula is C28H25N5O2. The van der Waals surface area contributed by atoms with E-state index in [0.717, 1.165) is 35.0 Å². The first-order valence-electron chi connectivity index (χ1n) is 12.1. The fourth-order valence-corrected chi connectivity index (χ4v) is 5.14. The predicted molar refractivity (Wildman–Crippen MR) is 137 cm³/mol. The number of aromatic nitrogens is 3. The average Bonchev–Trinajstić information content (AvgIpc) is 3.65. The van der Waals surface area contributed by atoms with Crippen LogP contribution in [0.15, 0.2) is 65.8 Å². The minimum Gasteiger partial charge on any atom is -0.324 e. The van der Waals surface area contributed by atoms with Crippen molar-refractivity contribution in [3.8, 4) is 0 Å². The number of nitrogens with one attached hydrogen (secondary N) is 2. The number of aromatic amines is 1. The Morgan fingerprint density at radius 3 is 2.71 bits per heavy atom. The smallest absolute Gasteiger partial charge is 0.276 e. The van der Waals surface area contributed by atoms with Crippen molar-refractivity contribution in [2.24, 2.45) is 4.99 Å². The van der Waals surface area contributed by atoms with Gasteiger partial charge in [0, 0.05) is 41.6 Å². The summed E-state index contributed by atoms with van der Waals surface area (Å²) in [5.41, 5.74) is 3.97. The summed E-state index contributed by atoms with van der Waals surface area (Å²) in [5.74, 6) is 0.308. The van der Waals surface area contributed by atoms with Gasteiger partial charge in [-0.3, -0.25) is 19.9 Å². The fourth-order valence-electron chi connectivity index (χ4n) is 5.14. The van der Waals surface area contributed by atoms with Gasteiger partial charge in [0.2, 0.25) is 5.95 Å². The van der Waals surface area contributed by atoms with Crippen molar-refractivity contribution >= 4 is 45.2 Å². The number of amides is 1. The standard InChI is InChI=1S/C28H25N5O2/c34-24(16-19-10-6-14-29-19)21-12-5-13-22-26(21)32-28(31-22)33-27(35)23-15-18-9-3-4-11-20(18)25(30-23)17-7-1-2-8-17/h3-6,9,11-15,17H,1-2,7-8,10,16H2,(H2,31,32,33,35). The van der Waals surface area contributed by atoms with Gasteiger partial charge in [0.1, 0.15) is 11.2 Å². The van der Waals surface area contributed by atoms with Gasteiger partial charge in [-0.05, 0) is 36.4 Å². The maximum atomic E-state index is 13.2. The van der Waals surface area contributed by atoms with Crippen LogP contribution in [0.4, 0.5) is 5.95 Å². The van der Waals surface area contributed by atoms with Gasteiger partial charge in [0.05, 0.1) is 11.2 Å². The Bertz CT molecular complexity index is 1530. The number of imidazole rings is 1. The van der Waals surface area contributed by atoms with E-state index < -0.39 is 0 Å². The maximum absolute atomic E-state index is 13.2. The molecule has 0 unspecified atom stereocenters. The van der Waals surface area contributed by atoms with Crippen molar-refractivity contribution in [1.29, 1.82) is 0 Å².